The van der Waals surface area contributed by atoms with Gasteiger partial charge < -0.3 is 10.6 Å². The Hall–Kier alpha value is -1.08. The Bertz CT molecular complexity index is 505. The van der Waals surface area contributed by atoms with Crippen molar-refractivity contribution in [2.75, 3.05) is 11.9 Å². The molecule has 5 nitrogen and oxygen atoms in total. The van der Waals surface area contributed by atoms with E-state index >= 15 is 0 Å². The Kier molecular flexibility index (Phi) is 6.70. The fourth-order valence-corrected chi connectivity index (χ4v) is 4.44. The average molecular weight is 341 g/mol. The van der Waals surface area contributed by atoms with Gasteiger partial charge in [-0.3, -0.25) is 4.79 Å². The lowest BCUT2D eigenvalue weighted by Crippen LogP contribution is -2.44. The molecule has 1 aliphatic carbocycles. The number of nitrogens with zero attached hydrogens (tertiary/aromatic N) is 2. The number of hydrogen-bond donors (Lipinski definition) is 2. The van der Waals surface area contributed by atoms with E-state index in [1.54, 1.807) is 6.08 Å². The molecule has 2 rings (SSSR count). The lowest BCUT2D eigenvalue weighted by atomic mass is 9.86. The maximum absolute atomic E-state index is 12.3. The zero-order chi connectivity index (χ0) is 15.9. The van der Waals surface area contributed by atoms with E-state index in [9.17, 15) is 4.79 Å². The van der Waals surface area contributed by atoms with Crippen LogP contribution >= 0.6 is 23.1 Å². The predicted molar refractivity (Wildman–Crippen MR) is 93.5 cm³/mol. The summed E-state index contributed by atoms with van der Waals surface area (Å²) in [7, 11) is 0. The molecule has 0 saturated heterocycles. The van der Waals surface area contributed by atoms with E-state index in [2.05, 4.69) is 34.3 Å². The average Bonchev–Trinajstić information content (AvgIpc) is 2.94. The second-order valence-corrected chi connectivity index (χ2v) is 8.25. The molecule has 1 aliphatic rings. The summed E-state index contributed by atoms with van der Waals surface area (Å²) in [5.41, 5.74) is 0. The zero-order valence-corrected chi connectivity index (χ0v) is 14.8. The van der Waals surface area contributed by atoms with Crippen LogP contribution in [0.25, 0.3) is 0 Å². The smallest absolute Gasteiger partial charge is 0.233 e. The van der Waals surface area contributed by atoms with Crippen LogP contribution in [0.1, 0.15) is 39.5 Å². The maximum Gasteiger partial charge on any atom is 0.233 e. The number of aromatic nitrogens is 2. The third kappa shape index (κ3) is 4.98. The van der Waals surface area contributed by atoms with E-state index in [0.717, 1.165) is 15.9 Å². The fraction of sp³-hybridized carbons (Fsp3) is 0.667. The quantitative estimate of drug-likeness (QED) is 0.589. The van der Waals surface area contributed by atoms with Gasteiger partial charge in [0.1, 0.15) is 0 Å². The van der Waals surface area contributed by atoms with Crippen molar-refractivity contribution >= 4 is 34.1 Å². The van der Waals surface area contributed by atoms with E-state index in [-0.39, 0.29) is 11.2 Å². The molecule has 1 amide bonds. The van der Waals surface area contributed by atoms with Crippen LogP contribution in [0.5, 0.6) is 0 Å². The number of rotatable bonds is 7. The Labute approximate surface area is 140 Å². The Balaban J connectivity index is 1.82. The molecule has 1 fully saturated rings. The molecule has 7 heteroatoms. The number of nitrogens with one attached hydrogen (secondary N) is 2. The second-order valence-electron chi connectivity index (χ2n) is 5.68. The van der Waals surface area contributed by atoms with Crippen LogP contribution in [0.15, 0.2) is 17.0 Å². The molecule has 122 valence electrons. The van der Waals surface area contributed by atoms with Gasteiger partial charge in [0.05, 0.1) is 5.25 Å². The molecular formula is C15H24N4OS2. The van der Waals surface area contributed by atoms with Crippen LogP contribution in [0.3, 0.4) is 0 Å². The van der Waals surface area contributed by atoms with E-state index in [0.29, 0.717) is 18.5 Å². The largest absolute Gasteiger partial charge is 0.357 e. The molecule has 0 bridgehead atoms. The highest BCUT2D eigenvalue weighted by molar-refractivity contribution is 8.02. The summed E-state index contributed by atoms with van der Waals surface area (Å²) in [5.74, 6) is 0.672. The summed E-state index contributed by atoms with van der Waals surface area (Å²) in [4.78, 5) is 12.3. The minimum absolute atomic E-state index is 0.0968. The second kappa shape index (κ2) is 8.53. The van der Waals surface area contributed by atoms with Crippen LogP contribution in [-0.2, 0) is 4.79 Å². The number of thioether (sulfide) groups is 1. The van der Waals surface area contributed by atoms with E-state index < -0.39 is 0 Å². The summed E-state index contributed by atoms with van der Waals surface area (Å²) >= 11 is 2.93. The highest BCUT2D eigenvalue weighted by Crippen LogP contribution is 2.29. The van der Waals surface area contributed by atoms with Crippen LogP contribution in [0.2, 0.25) is 0 Å². The van der Waals surface area contributed by atoms with E-state index in [4.69, 9.17) is 0 Å². The van der Waals surface area contributed by atoms with Crippen molar-refractivity contribution in [1.82, 2.24) is 15.5 Å². The summed E-state index contributed by atoms with van der Waals surface area (Å²) < 4.78 is 0.811. The molecule has 0 radical (unpaired) electrons. The third-order valence-corrected chi connectivity index (χ3v) is 5.96. The van der Waals surface area contributed by atoms with Gasteiger partial charge in [0.2, 0.25) is 11.0 Å². The van der Waals surface area contributed by atoms with Crippen LogP contribution in [0, 0.1) is 5.92 Å². The van der Waals surface area contributed by atoms with Crippen LogP contribution < -0.4 is 10.6 Å². The van der Waals surface area contributed by atoms with Crippen molar-refractivity contribution in [3.63, 3.8) is 0 Å². The van der Waals surface area contributed by atoms with E-state index in [1.165, 1.54) is 42.4 Å². The molecular weight excluding hydrogens is 316 g/mol. The van der Waals surface area contributed by atoms with Gasteiger partial charge in [-0.25, -0.2) is 0 Å². The Morgan fingerprint density at radius 3 is 3.00 bits per heavy atom. The van der Waals surface area contributed by atoms with Gasteiger partial charge in [-0.05, 0) is 25.7 Å². The first kappa shape index (κ1) is 17.3. The van der Waals surface area contributed by atoms with Gasteiger partial charge in [0.25, 0.3) is 0 Å². The molecule has 0 aromatic carbocycles. The van der Waals surface area contributed by atoms with Crippen molar-refractivity contribution in [3.8, 4) is 0 Å². The molecule has 22 heavy (non-hydrogen) atoms. The van der Waals surface area contributed by atoms with Gasteiger partial charge >= 0.3 is 0 Å². The van der Waals surface area contributed by atoms with Crippen LogP contribution in [-0.4, -0.2) is 33.9 Å². The van der Waals surface area contributed by atoms with Crippen LogP contribution in [0.4, 0.5) is 5.13 Å². The van der Waals surface area contributed by atoms with Gasteiger partial charge in [-0.1, -0.05) is 48.9 Å². The maximum atomic E-state index is 12.3. The molecule has 1 aromatic rings. The summed E-state index contributed by atoms with van der Waals surface area (Å²) in [6.45, 7) is 8.46. The van der Waals surface area contributed by atoms with Gasteiger partial charge in [0, 0.05) is 12.6 Å². The summed E-state index contributed by atoms with van der Waals surface area (Å²) in [6.07, 6.45) is 6.57. The number of carbonyl (C=O) groups is 1. The fourth-order valence-electron chi connectivity index (χ4n) is 2.52. The molecule has 0 aliphatic heterocycles. The van der Waals surface area contributed by atoms with Crippen molar-refractivity contribution in [2.24, 2.45) is 5.92 Å². The number of amides is 1. The van der Waals surface area contributed by atoms with Gasteiger partial charge in [-0.2, -0.15) is 0 Å². The standard InChI is InChI=1S/C15H24N4OS2/c1-4-9-16-14-18-19-15(22-14)21-11(3)13(20)17-12-8-6-5-7-10(12)2/h4,10-12H,1,5-9H2,2-3H3,(H,16,18)(H,17,20). The molecule has 3 unspecified atom stereocenters. The minimum Gasteiger partial charge on any atom is -0.357 e. The predicted octanol–water partition coefficient (Wildman–Crippen LogP) is 3.31. The first-order valence-electron chi connectivity index (χ1n) is 7.75. The Morgan fingerprint density at radius 2 is 2.27 bits per heavy atom. The van der Waals surface area contributed by atoms with Crippen molar-refractivity contribution in [1.29, 1.82) is 0 Å². The Morgan fingerprint density at radius 1 is 1.50 bits per heavy atom. The first-order valence-corrected chi connectivity index (χ1v) is 9.45. The highest BCUT2D eigenvalue weighted by atomic mass is 32.2. The number of carbonyl (C=O) groups excluding carboxylic acids is 1. The third-order valence-electron chi connectivity index (χ3n) is 3.89. The monoisotopic (exact) mass is 340 g/mol. The van der Waals surface area contributed by atoms with E-state index in [1.807, 2.05) is 6.92 Å². The molecule has 1 aromatic heterocycles. The molecule has 1 saturated carbocycles. The number of anilines is 1. The summed E-state index contributed by atoms with van der Waals surface area (Å²) in [5, 5.41) is 15.1. The van der Waals surface area contributed by atoms with Gasteiger partial charge in [0.15, 0.2) is 4.34 Å². The van der Waals surface area contributed by atoms with Crippen molar-refractivity contribution < 1.29 is 4.79 Å². The summed E-state index contributed by atoms with van der Waals surface area (Å²) in [6, 6.07) is 0.323. The van der Waals surface area contributed by atoms with Crippen molar-refractivity contribution in [3.05, 3.63) is 12.7 Å². The lowest BCUT2D eigenvalue weighted by molar-refractivity contribution is -0.121. The molecule has 0 spiro atoms. The van der Waals surface area contributed by atoms with Crippen molar-refractivity contribution in [2.45, 2.75) is 55.2 Å². The lowest BCUT2D eigenvalue weighted by Gasteiger charge is -2.30. The van der Waals surface area contributed by atoms with Gasteiger partial charge in [-0.15, -0.1) is 16.8 Å². The highest BCUT2D eigenvalue weighted by Gasteiger charge is 2.25. The molecule has 2 N–H and O–H groups in total. The topological polar surface area (TPSA) is 66.9 Å². The first-order chi connectivity index (χ1) is 10.6. The zero-order valence-electron chi connectivity index (χ0n) is 13.2. The molecule has 3 atom stereocenters. The normalized spacial score (nSPS) is 22.8. The minimum atomic E-state index is -0.158. The number of hydrogen-bond acceptors (Lipinski definition) is 6. The molecule has 1 heterocycles. The SMILES string of the molecule is C=CCNc1nnc(SC(C)C(=O)NC2CCCCC2C)s1.